The number of nitrogens with zero attached hydrogens (tertiary/aromatic N) is 1. The molecule has 0 aliphatic rings. The molecule has 0 aliphatic carbocycles. The summed E-state index contributed by atoms with van der Waals surface area (Å²) in [6, 6.07) is 15.3. The van der Waals surface area contributed by atoms with E-state index in [2.05, 4.69) is 26.4 Å². The highest BCUT2D eigenvalue weighted by molar-refractivity contribution is 9.10. The van der Waals surface area contributed by atoms with Gasteiger partial charge in [-0.15, -0.1) is 0 Å². The van der Waals surface area contributed by atoms with Crippen LogP contribution in [0.3, 0.4) is 0 Å². The van der Waals surface area contributed by atoms with Crippen LogP contribution in [0.25, 0.3) is 11.3 Å². The normalized spacial score (nSPS) is 10.4. The highest BCUT2D eigenvalue weighted by Crippen LogP contribution is 2.23. The van der Waals surface area contributed by atoms with Crippen LogP contribution in [0.2, 0.25) is 0 Å². The number of hydrogen-bond acceptors (Lipinski definition) is 4. The average molecular weight is 359 g/mol. The minimum atomic E-state index is -0.405. The van der Waals surface area contributed by atoms with Crippen LogP contribution in [0.4, 0.5) is 5.69 Å². The van der Waals surface area contributed by atoms with Gasteiger partial charge in [-0.1, -0.05) is 39.3 Å². The minimum Gasteiger partial charge on any atom is -0.508 e. The molecule has 0 saturated carbocycles. The number of carbonyl (C=O) groups excluding carboxylic acids is 1. The van der Waals surface area contributed by atoms with Crippen molar-refractivity contribution in [3.8, 4) is 17.1 Å². The van der Waals surface area contributed by atoms with E-state index in [0.717, 1.165) is 10.0 Å². The summed E-state index contributed by atoms with van der Waals surface area (Å²) in [5.41, 5.74) is 1.48. The summed E-state index contributed by atoms with van der Waals surface area (Å²) >= 11 is 3.36. The van der Waals surface area contributed by atoms with Gasteiger partial charge in [0.15, 0.2) is 11.5 Å². The number of anilines is 1. The molecule has 110 valence electrons. The summed E-state index contributed by atoms with van der Waals surface area (Å²) in [4.78, 5) is 12.1. The highest BCUT2D eigenvalue weighted by Gasteiger charge is 2.14. The number of aromatic nitrogens is 1. The van der Waals surface area contributed by atoms with E-state index in [1.54, 1.807) is 18.2 Å². The lowest BCUT2D eigenvalue weighted by Crippen LogP contribution is -2.11. The van der Waals surface area contributed by atoms with Crippen molar-refractivity contribution in [2.24, 2.45) is 0 Å². The first kappa shape index (κ1) is 14.3. The predicted molar refractivity (Wildman–Crippen MR) is 85.7 cm³/mol. The van der Waals surface area contributed by atoms with Gasteiger partial charge in [-0.05, 0) is 24.3 Å². The second kappa shape index (κ2) is 6.03. The summed E-state index contributed by atoms with van der Waals surface area (Å²) in [6.07, 6.45) is 0. The molecule has 1 aromatic heterocycles. The molecule has 0 fully saturated rings. The summed E-state index contributed by atoms with van der Waals surface area (Å²) in [5, 5.41) is 15.8. The monoisotopic (exact) mass is 358 g/mol. The Labute approximate surface area is 134 Å². The Balaban J connectivity index is 1.78. The van der Waals surface area contributed by atoms with Crippen molar-refractivity contribution in [1.82, 2.24) is 5.16 Å². The zero-order chi connectivity index (χ0) is 15.5. The first-order valence-electron chi connectivity index (χ1n) is 6.45. The number of nitrogens with one attached hydrogen (secondary N) is 1. The summed E-state index contributed by atoms with van der Waals surface area (Å²) in [5.74, 6) is 0.180. The molecule has 5 nitrogen and oxygen atoms in total. The molecule has 0 aliphatic heterocycles. The maximum Gasteiger partial charge on any atom is 0.277 e. The number of carbonyl (C=O) groups is 1. The van der Waals surface area contributed by atoms with E-state index < -0.39 is 5.91 Å². The second-order valence-corrected chi connectivity index (χ2v) is 5.50. The molecule has 0 bridgehead atoms. The Bertz CT molecular complexity index is 812. The fraction of sp³-hybridized carbons (Fsp3) is 0. The van der Waals surface area contributed by atoms with Crippen molar-refractivity contribution in [3.05, 3.63) is 64.8 Å². The van der Waals surface area contributed by atoms with Crippen LogP contribution in [0.1, 0.15) is 10.5 Å². The number of hydrogen-bond donors (Lipinski definition) is 2. The lowest BCUT2D eigenvalue weighted by atomic mass is 10.1. The smallest absolute Gasteiger partial charge is 0.277 e. The van der Waals surface area contributed by atoms with Gasteiger partial charge in [0.25, 0.3) is 5.91 Å². The average Bonchev–Trinajstić information content (AvgIpc) is 2.98. The Kier molecular flexibility index (Phi) is 3.93. The van der Waals surface area contributed by atoms with Crippen LogP contribution in [0.5, 0.6) is 5.75 Å². The van der Waals surface area contributed by atoms with Gasteiger partial charge in [-0.3, -0.25) is 4.79 Å². The molecule has 0 saturated heterocycles. The molecule has 22 heavy (non-hydrogen) atoms. The van der Waals surface area contributed by atoms with Gasteiger partial charge in [0.2, 0.25) is 0 Å². The van der Waals surface area contributed by atoms with Gasteiger partial charge in [0, 0.05) is 27.9 Å². The molecule has 0 atom stereocenters. The summed E-state index contributed by atoms with van der Waals surface area (Å²) in [7, 11) is 0. The molecule has 0 unspecified atom stereocenters. The van der Waals surface area contributed by atoms with Gasteiger partial charge in [-0.25, -0.2) is 0 Å². The first-order valence-corrected chi connectivity index (χ1v) is 7.24. The third-order valence-corrected chi connectivity index (χ3v) is 3.50. The minimum absolute atomic E-state index is 0.0773. The largest absolute Gasteiger partial charge is 0.508 e. The van der Waals surface area contributed by atoms with Gasteiger partial charge in [0.05, 0.1) is 0 Å². The van der Waals surface area contributed by atoms with Gasteiger partial charge in [0.1, 0.15) is 5.75 Å². The van der Waals surface area contributed by atoms with E-state index in [4.69, 9.17) is 4.52 Å². The quantitative estimate of drug-likeness (QED) is 0.740. The number of phenolic OH excluding ortho intramolecular Hbond substituents is 1. The number of amides is 1. The van der Waals surface area contributed by atoms with Crippen LogP contribution in [0, 0.1) is 0 Å². The van der Waals surface area contributed by atoms with E-state index in [-0.39, 0.29) is 11.4 Å². The van der Waals surface area contributed by atoms with Crippen LogP contribution < -0.4 is 5.32 Å². The number of benzene rings is 2. The van der Waals surface area contributed by atoms with Crippen molar-refractivity contribution < 1.29 is 14.4 Å². The Hall–Kier alpha value is -2.60. The second-order valence-electron chi connectivity index (χ2n) is 4.59. The first-order chi connectivity index (χ1) is 10.6. The molecule has 6 heteroatoms. The van der Waals surface area contributed by atoms with E-state index in [1.165, 1.54) is 12.1 Å². The molecule has 2 aromatic carbocycles. The topological polar surface area (TPSA) is 75.4 Å². The van der Waals surface area contributed by atoms with Crippen molar-refractivity contribution >= 4 is 27.5 Å². The Morgan fingerprint density at radius 3 is 2.64 bits per heavy atom. The number of phenols is 1. The molecule has 0 spiro atoms. The van der Waals surface area contributed by atoms with Crippen LogP contribution in [-0.2, 0) is 0 Å². The molecule has 2 N–H and O–H groups in total. The van der Waals surface area contributed by atoms with Crippen molar-refractivity contribution in [2.75, 3.05) is 5.32 Å². The van der Waals surface area contributed by atoms with E-state index >= 15 is 0 Å². The van der Waals surface area contributed by atoms with Crippen LogP contribution in [0.15, 0.2) is 63.6 Å². The van der Waals surface area contributed by atoms with Crippen LogP contribution in [-0.4, -0.2) is 16.2 Å². The SMILES string of the molecule is O=C(Nc1cccc(O)c1)c1cc(-c2ccc(Br)cc2)on1. The lowest BCUT2D eigenvalue weighted by Gasteiger charge is -2.02. The molecular weight excluding hydrogens is 348 g/mol. The molecule has 0 radical (unpaired) electrons. The third kappa shape index (κ3) is 3.17. The molecular formula is C16H11BrN2O3. The molecule has 3 aromatic rings. The number of halogens is 1. The van der Waals surface area contributed by atoms with Crippen molar-refractivity contribution in [3.63, 3.8) is 0 Å². The number of rotatable bonds is 3. The molecule has 3 rings (SSSR count). The van der Waals surface area contributed by atoms with Crippen LogP contribution >= 0.6 is 15.9 Å². The maximum absolute atomic E-state index is 12.1. The zero-order valence-corrected chi connectivity index (χ0v) is 12.9. The number of aromatic hydroxyl groups is 1. The van der Waals surface area contributed by atoms with E-state index in [0.29, 0.717) is 11.4 Å². The fourth-order valence-electron chi connectivity index (χ4n) is 1.91. The van der Waals surface area contributed by atoms with E-state index in [9.17, 15) is 9.90 Å². The van der Waals surface area contributed by atoms with Gasteiger partial charge in [-0.2, -0.15) is 0 Å². The maximum atomic E-state index is 12.1. The highest BCUT2D eigenvalue weighted by atomic mass is 79.9. The Morgan fingerprint density at radius 2 is 1.91 bits per heavy atom. The molecule has 1 heterocycles. The Morgan fingerprint density at radius 1 is 1.14 bits per heavy atom. The summed E-state index contributed by atoms with van der Waals surface area (Å²) < 4.78 is 6.15. The standard InChI is InChI=1S/C16H11BrN2O3/c17-11-6-4-10(5-7-11)15-9-14(19-22-15)16(21)18-12-2-1-3-13(20)8-12/h1-9,20H,(H,18,21). The lowest BCUT2D eigenvalue weighted by molar-refractivity contribution is 0.101. The predicted octanol–water partition coefficient (Wildman–Crippen LogP) is 4.06. The van der Waals surface area contributed by atoms with E-state index in [1.807, 2.05) is 24.3 Å². The van der Waals surface area contributed by atoms with Crippen molar-refractivity contribution in [1.29, 1.82) is 0 Å². The van der Waals surface area contributed by atoms with Gasteiger partial charge < -0.3 is 14.9 Å². The molecule has 1 amide bonds. The van der Waals surface area contributed by atoms with Crippen molar-refractivity contribution in [2.45, 2.75) is 0 Å². The third-order valence-electron chi connectivity index (χ3n) is 2.98. The fourth-order valence-corrected chi connectivity index (χ4v) is 2.18. The summed E-state index contributed by atoms with van der Waals surface area (Å²) in [6.45, 7) is 0. The zero-order valence-electron chi connectivity index (χ0n) is 11.3. The van der Waals surface area contributed by atoms with Gasteiger partial charge >= 0.3 is 0 Å².